The monoisotopic (exact) mass is 396 g/mol. The number of nitrogens with zero attached hydrogens (tertiary/aromatic N) is 3. The Labute approximate surface area is 168 Å². The van der Waals surface area contributed by atoms with Crippen LogP contribution in [-0.4, -0.2) is 34.0 Å². The third-order valence-corrected chi connectivity index (χ3v) is 5.04. The zero-order valence-corrected chi connectivity index (χ0v) is 16.2. The number of rotatable bonds is 6. The Kier molecular flexibility index (Phi) is 5.69. The quantitative estimate of drug-likeness (QED) is 0.683. The van der Waals surface area contributed by atoms with Crippen molar-refractivity contribution < 1.29 is 9.32 Å². The summed E-state index contributed by atoms with van der Waals surface area (Å²) in [4.78, 5) is 19.1. The van der Waals surface area contributed by atoms with Crippen LogP contribution >= 0.6 is 11.6 Å². The van der Waals surface area contributed by atoms with Crippen molar-refractivity contribution in [3.63, 3.8) is 0 Å². The molecule has 7 heteroatoms. The molecule has 0 bridgehead atoms. The molecule has 4 rings (SSSR count). The highest BCUT2D eigenvalue weighted by atomic mass is 35.5. The molecule has 2 heterocycles. The summed E-state index contributed by atoms with van der Waals surface area (Å²) in [6, 6.07) is 14.9. The van der Waals surface area contributed by atoms with Crippen LogP contribution in [0.1, 0.15) is 34.7 Å². The molecule has 1 amide bonds. The van der Waals surface area contributed by atoms with Crippen LogP contribution in [0.5, 0.6) is 0 Å². The number of hydrogen-bond donors (Lipinski definition) is 1. The summed E-state index contributed by atoms with van der Waals surface area (Å²) in [5, 5.41) is 7.40. The highest BCUT2D eigenvalue weighted by Gasteiger charge is 2.13. The largest absolute Gasteiger partial charge is 0.343 e. The number of benzene rings is 2. The summed E-state index contributed by atoms with van der Waals surface area (Å²) in [7, 11) is 0. The molecule has 0 saturated carbocycles. The molecule has 2 aromatic carbocycles. The van der Waals surface area contributed by atoms with Crippen molar-refractivity contribution in [2.75, 3.05) is 13.1 Å². The van der Waals surface area contributed by atoms with E-state index in [0.29, 0.717) is 22.3 Å². The van der Waals surface area contributed by atoms with Crippen LogP contribution in [0.2, 0.25) is 5.02 Å². The van der Waals surface area contributed by atoms with E-state index in [1.165, 1.54) is 18.4 Å². The van der Waals surface area contributed by atoms with E-state index in [2.05, 4.69) is 20.4 Å². The minimum Gasteiger partial charge on any atom is -0.343 e. The third-order valence-electron chi connectivity index (χ3n) is 4.79. The number of hydrogen-bond acceptors (Lipinski definition) is 5. The zero-order chi connectivity index (χ0) is 19.3. The summed E-state index contributed by atoms with van der Waals surface area (Å²) < 4.78 is 5.21. The highest BCUT2D eigenvalue weighted by Crippen LogP contribution is 2.18. The molecule has 0 unspecified atom stereocenters. The maximum Gasteiger partial charge on any atom is 0.251 e. The third kappa shape index (κ3) is 4.58. The predicted molar refractivity (Wildman–Crippen MR) is 107 cm³/mol. The van der Waals surface area contributed by atoms with Gasteiger partial charge in [-0.2, -0.15) is 4.98 Å². The van der Waals surface area contributed by atoms with Crippen molar-refractivity contribution >= 4 is 17.5 Å². The standard InChI is InChI=1S/C21H21ClN4O2/c22-18-9-7-16(8-10-18)20-24-19(28-25-20)13-23-21(27)17-5-3-15(4-6-17)14-26-11-1-2-12-26/h3-10H,1-2,11-14H2,(H,23,27). The van der Waals surface area contributed by atoms with Crippen molar-refractivity contribution in [2.24, 2.45) is 0 Å². The van der Waals surface area contributed by atoms with Crippen molar-refractivity contribution in [1.29, 1.82) is 0 Å². The van der Waals surface area contributed by atoms with Gasteiger partial charge in [0.25, 0.3) is 5.91 Å². The first kappa shape index (κ1) is 18.7. The van der Waals surface area contributed by atoms with Gasteiger partial charge in [-0.25, -0.2) is 0 Å². The summed E-state index contributed by atoms with van der Waals surface area (Å²) in [6.45, 7) is 3.43. The highest BCUT2D eigenvalue weighted by molar-refractivity contribution is 6.30. The second kappa shape index (κ2) is 8.54. The van der Waals surface area contributed by atoms with Crippen LogP contribution in [0.4, 0.5) is 0 Å². The van der Waals surface area contributed by atoms with E-state index in [-0.39, 0.29) is 12.5 Å². The van der Waals surface area contributed by atoms with Crippen molar-refractivity contribution in [3.8, 4) is 11.4 Å². The van der Waals surface area contributed by atoms with Gasteiger partial charge in [-0.15, -0.1) is 0 Å². The van der Waals surface area contributed by atoms with Crippen LogP contribution < -0.4 is 5.32 Å². The summed E-state index contributed by atoms with van der Waals surface area (Å²) in [5.41, 5.74) is 2.64. The molecule has 1 fully saturated rings. The first-order valence-electron chi connectivity index (χ1n) is 9.35. The Hall–Kier alpha value is -2.70. The van der Waals surface area contributed by atoms with E-state index >= 15 is 0 Å². The lowest BCUT2D eigenvalue weighted by Crippen LogP contribution is -2.23. The fraction of sp³-hybridized carbons (Fsp3) is 0.286. The molecule has 0 spiro atoms. The predicted octanol–water partition coefficient (Wildman–Crippen LogP) is 3.92. The molecular formula is C21H21ClN4O2. The van der Waals surface area contributed by atoms with Gasteiger partial charge in [0.1, 0.15) is 0 Å². The molecule has 1 saturated heterocycles. The van der Waals surface area contributed by atoms with Gasteiger partial charge in [-0.3, -0.25) is 9.69 Å². The number of carbonyl (C=O) groups excluding carboxylic acids is 1. The molecule has 6 nitrogen and oxygen atoms in total. The lowest BCUT2D eigenvalue weighted by molar-refractivity contribution is 0.0946. The summed E-state index contributed by atoms with van der Waals surface area (Å²) in [5.74, 6) is 0.648. The Bertz CT molecular complexity index is 932. The molecule has 1 aliphatic heterocycles. The van der Waals surface area contributed by atoms with E-state index in [4.69, 9.17) is 16.1 Å². The van der Waals surface area contributed by atoms with Gasteiger partial charge in [0, 0.05) is 22.7 Å². The normalized spacial score (nSPS) is 14.3. The van der Waals surface area contributed by atoms with E-state index in [9.17, 15) is 4.79 Å². The molecule has 0 aliphatic carbocycles. The van der Waals surface area contributed by atoms with Crippen molar-refractivity contribution in [1.82, 2.24) is 20.4 Å². The fourth-order valence-corrected chi connectivity index (χ4v) is 3.39. The zero-order valence-electron chi connectivity index (χ0n) is 15.4. The van der Waals surface area contributed by atoms with Crippen LogP contribution in [-0.2, 0) is 13.1 Å². The van der Waals surface area contributed by atoms with Gasteiger partial charge in [0.2, 0.25) is 11.7 Å². The second-order valence-electron chi connectivity index (χ2n) is 6.88. The van der Waals surface area contributed by atoms with Crippen LogP contribution in [0.3, 0.4) is 0 Å². The molecule has 0 atom stereocenters. The molecule has 0 radical (unpaired) electrons. The first-order chi connectivity index (χ1) is 13.7. The van der Waals surface area contributed by atoms with Crippen LogP contribution in [0, 0.1) is 0 Å². The number of amides is 1. The maximum absolute atomic E-state index is 12.4. The van der Waals surface area contributed by atoms with Crippen molar-refractivity contribution in [3.05, 3.63) is 70.6 Å². The van der Waals surface area contributed by atoms with E-state index in [1.807, 2.05) is 36.4 Å². The SMILES string of the molecule is O=C(NCc1nc(-c2ccc(Cl)cc2)no1)c1ccc(CN2CCCC2)cc1. The number of halogens is 1. The summed E-state index contributed by atoms with van der Waals surface area (Å²) in [6.07, 6.45) is 2.55. The molecule has 3 aromatic rings. The lowest BCUT2D eigenvalue weighted by atomic mass is 10.1. The minimum atomic E-state index is -0.168. The average Bonchev–Trinajstić information content (AvgIpc) is 3.39. The lowest BCUT2D eigenvalue weighted by Gasteiger charge is -2.14. The summed E-state index contributed by atoms with van der Waals surface area (Å²) >= 11 is 5.88. The fourth-order valence-electron chi connectivity index (χ4n) is 3.26. The van der Waals surface area contributed by atoms with Crippen LogP contribution in [0.15, 0.2) is 53.1 Å². The number of nitrogens with one attached hydrogen (secondary N) is 1. The first-order valence-corrected chi connectivity index (χ1v) is 9.73. The Morgan fingerprint density at radius 1 is 1.07 bits per heavy atom. The van der Waals surface area contributed by atoms with Gasteiger partial charge in [-0.05, 0) is 67.9 Å². The van der Waals surface area contributed by atoms with Gasteiger partial charge in [0.15, 0.2) is 0 Å². The Balaban J connectivity index is 1.32. The molecular weight excluding hydrogens is 376 g/mol. The molecule has 144 valence electrons. The number of carbonyl (C=O) groups is 1. The van der Waals surface area contributed by atoms with Crippen LogP contribution in [0.25, 0.3) is 11.4 Å². The van der Waals surface area contributed by atoms with E-state index in [0.717, 1.165) is 25.2 Å². The maximum atomic E-state index is 12.4. The Morgan fingerprint density at radius 3 is 2.50 bits per heavy atom. The second-order valence-corrected chi connectivity index (χ2v) is 7.32. The minimum absolute atomic E-state index is 0.168. The smallest absolute Gasteiger partial charge is 0.251 e. The van der Waals surface area contributed by atoms with Gasteiger partial charge in [0.05, 0.1) is 6.54 Å². The molecule has 28 heavy (non-hydrogen) atoms. The van der Waals surface area contributed by atoms with E-state index < -0.39 is 0 Å². The average molecular weight is 397 g/mol. The van der Waals surface area contributed by atoms with Gasteiger partial charge >= 0.3 is 0 Å². The number of aromatic nitrogens is 2. The number of likely N-dealkylation sites (tertiary alicyclic amines) is 1. The molecule has 1 aliphatic rings. The van der Waals surface area contributed by atoms with Crippen molar-refractivity contribution in [2.45, 2.75) is 25.9 Å². The molecule has 1 N–H and O–H groups in total. The van der Waals surface area contributed by atoms with Gasteiger partial charge in [-0.1, -0.05) is 28.9 Å². The van der Waals surface area contributed by atoms with Gasteiger partial charge < -0.3 is 9.84 Å². The topological polar surface area (TPSA) is 71.3 Å². The Morgan fingerprint density at radius 2 is 1.79 bits per heavy atom. The van der Waals surface area contributed by atoms with E-state index in [1.54, 1.807) is 12.1 Å². The molecule has 1 aromatic heterocycles.